The SMILES string of the molecule is CC(C)(C)c1cc2c(OCc3ccccn3)c(c1)Cc1cc(C(C)(C)C)cc(c1OCc1ccccn1)COCc1cc(C(C)(C)C)cc(c1OCc1ccccn1)Cc1cc(C(C)(C)C)cc(c1OCc1ccccn1)COC2. The van der Waals surface area contributed by atoms with Crippen LogP contribution in [0.3, 0.4) is 0 Å². The third-order valence-corrected chi connectivity index (χ3v) is 14.6. The highest BCUT2D eigenvalue weighted by atomic mass is 16.5. The van der Waals surface area contributed by atoms with Crippen LogP contribution in [0.1, 0.15) is 173 Å². The first-order valence-corrected chi connectivity index (χ1v) is 28.1. The predicted octanol–water partition coefficient (Wildman–Crippen LogP) is 15.7. The van der Waals surface area contributed by atoms with E-state index in [4.69, 9.17) is 28.4 Å². The van der Waals surface area contributed by atoms with E-state index in [2.05, 4.69) is 152 Å². The fourth-order valence-corrected chi connectivity index (χ4v) is 9.92. The Bertz CT molecular complexity index is 2910. The average Bonchev–Trinajstić information content (AvgIpc) is 3.52. The topological polar surface area (TPSA) is 107 Å². The van der Waals surface area contributed by atoms with E-state index in [-0.39, 0.29) is 74.5 Å². The van der Waals surface area contributed by atoms with Gasteiger partial charge in [0.15, 0.2) is 0 Å². The number of hydrogen-bond acceptors (Lipinski definition) is 10. The molecule has 0 fully saturated rings. The fraction of sp³-hybridized carbons (Fsp3) is 0.371. The van der Waals surface area contributed by atoms with Gasteiger partial charge in [0.2, 0.25) is 0 Å². The van der Waals surface area contributed by atoms with Crippen molar-refractivity contribution in [2.75, 3.05) is 0 Å². The van der Waals surface area contributed by atoms with E-state index >= 15 is 0 Å². The first-order valence-electron chi connectivity index (χ1n) is 28.1. The van der Waals surface area contributed by atoms with Gasteiger partial charge >= 0.3 is 0 Å². The molecule has 8 bridgehead atoms. The van der Waals surface area contributed by atoms with Gasteiger partial charge < -0.3 is 28.4 Å². The summed E-state index contributed by atoms with van der Waals surface area (Å²) < 4.78 is 42.3. The van der Waals surface area contributed by atoms with E-state index in [1.165, 1.54) is 0 Å². The van der Waals surface area contributed by atoms with Crippen molar-refractivity contribution in [2.24, 2.45) is 0 Å². The number of benzene rings is 4. The summed E-state index contributed by atoms with van der Waals surface area (Å²) in [5.74, 6) is 3.04. The van der Waals surface area contributed by atoms with Gasteiger partial charge in [-0.3, -0.25) is 19.9 Å². The number of pyridine rings is 4. The maximum atomic E-state index is 7.08. The number of nitrogens with zero attached hydrogens (tertiary/aromatic N) is 4. The van der Waals surface area contributed by atoms with Crippen molar-refractivity contribution in [2.45, 2.75) is 170 Å². The molecule has 5 heterocycles. The highest BCUT2D eigenvalue weighted by Gasteiger charge is 2.28. The Kier molecular flexibility index (Phi) is 17.6. The molecule has 1 aliphatic heterocycles. The summed E-state index contributed by atoms with van der Waals surface area (Å²) >= 11 is 0. The standard InChI is InChI=1S/C70H80N4O6/c1-67(2,3)55-31-47-29-48-32-56(68(4,5)6)37-53(64(48)78-44-60-22-14-18-26-72-60)41-76-42-54-38-58(70(10,11)12)34-50(66(54)80-46-62-24-16-20-28-74-62)30-49-33-57(69(7,8)9)36-52(65(49)79-45-61-23-15-19-27-73-61)40-75-39-51(35-55)63(47)77-43-59-21-13-17-25-71-59/h13-28,31-38H,29-30,39-46H2,1-12H3. The Hall–Kier alpha value is -7.40. The molecule has 80 heavy (non-hydrogen) atoms. The number of hydrogen-bond donors (Lipinski definition) is 0. The van der Waals surface area contributed by atoms with Gasteiger partial charge in [-0.15, -0.1) is 0 Å². The van der Waals surface area contributed by atoms with Crippen molar-refractivity contribution in [3.63, 3.8) is 0 Å². The lowest BCUT2D eigenvalue weighted by molar-refractivity contribution is 0.101. The van der Waals surface area contributed by atoms with Crippen LogP contribution in [0.25, 0.3) is 0 Å². The van der Waals surface area contributed by atoms with Crippen LogP contribution in [0.5, 0.6) is 23.0 Å². The molecule has 10 nitrogen and oxygen atoms in total. The molecule has 0 radical (unpaired) electrons. The minimum atomic E-state index is -0.216. The Morgan fingerprint density at radius 1 is 0.312 bits per heavy atom. The Morgan fingerprint density at radius 3 is 0.713 bits per heavy atom. The molecule has 0 amide bonds. The molecule has 0 aliphatic carbocycles. The third kappa shape index (κ3) is 14.7. The highest BCUT2D eigenvalue weighted by Crippen LogP contribution is 2.42. The molecule has 0 spiro atoms. The van der Waals surface area contributed by atoms with E-state index in [9.17, 15) is 0 Å². The zero-order chi connectivity index (χ0) is 56.7. The summed E-state index contributed by atoms with van der Waals surface area (Å²) in [6.45, 7) is 29.2. The van der Waals surface area contributed by atoms with Gasteiger partial charge in [0.25, 0.3) is 0 Å². The van der Waals surface area contributed by atoms with Crippen molar-refractivity contribution in [1.29, 1.82) is 0 Å². The lowest BCUT2D eigenvalue weighted by atomic mass is 9.82. The second kappa shape index (κ2) is 24.5. The molecule has 416 valence electrons. The number of rotatable bonds is 12. The van der Waals surface area contributed by atoms with Crippen molar-refractivity contribution in [1.82, 2.24) is 19.9 Å². The molecule has 9 rings (SSSR count). The van der Waals surface area contributed by atoms with Crippen LogP contribution >= 0.6 is 0 Å². The maximum Gasteiger partial charge on any atom is 0.130 e. The Labute approximate surface area is 475 Å². The lowest BCUT2D eigenvalue weighted by Crippen LogP contribution is -2.17. The molecule has 10 heteroatoms. The van der Waals surface area contributed by atoms with E-state index in [0.29, 0.717) is 12.8 Å². The van der Waals surface area contributed by atoms with E-state index in [1.54, 1.807) is 0 Å². The van der Waals surface area contributed by atoms with Crippen molar-refractivity contribution in [3.8, 4) is 23.0 Å². The molecule has 8 aromatic rings. The van der Waals surface area contributed by atoms with Crippen molar-refractivity contribution in [3.05, 3.63) is 236 Å². The first kappa shape index (κ1) is 57.3. The number of ether oxygens (including phenoxy) is 6. The predicted molar refractivity (Wildman–Crippen MR) is 317 cm³/mol. The highest BCUT2D eigenvalue weighted by molar-refractivity contribution is 5.56. The first-order chi connectivity index (χ1) is 38.2. The summed E-state index contributed by atoms with van der Waals surface area (Å²) in [7, 11) is 0. The molecular formula is C70H80N4O6. The molecule has 1 aliphatic rings. The fourth-order valence-electron chi connectivity index (χ4n) is 9.92. The van der Waals surface area contributed by atoms with E-state index in [0.717, 1.165) is 113 Å². The van der Waals surface area contributed by atoms with Gasteiger partial charge in [0.05, 0.1) is 49.2 Å². The van der Waals surface area contributed by atoms with Gasteiger partial charge in [0.1, 0.15) is 49.4 Å². The van der Waals surface area contributed by atoms with Crippen LogP contribution in [0.2, 0.25) is 0 Å². The zero-order valence-electron chi connectivity index (χ0n) is 49.2. The van der Waals surface area contributed by atoms with Gasteiger partial charge in [-0.05, 0) is 139 Å². The molecule has 4 aromatic heterocycles. The van der Waals surface area contributed by atoms with E-state index in [1.807, 2.05) is 97.6 Å². The van der Waals surface area contributed by atoms with Crippen molar-refractivity contribution >= 4 is 0 Å². The summed E-state index contributed by atoms with van der Waals surface area (Å²) in [6, 6.07) is 41.9. The van der Waals surface area contributed by atoms with Gasteiger partial charge in [-0.2, -0.15) is 0 Å². The van der Waals surface area contributed by atoms with Gasteiger partial charge in [-0.25, -0.2) is 0 Å². The average molecular weight is 1070 g/mol. The normalized spacial score (nSPS) is 13.6. The monoisotopic (exact) mass is 1070 g/mol. The van der Waals surface area contributed by atoms with Crippen LogP contribution in [0.4, 0.5) is 0 Å². The van der Waals surface area contributed by atoms with Gasteiger partial charge in [-0.1, -0.05) is 132 Å². The van der Waals surface area contributed by atoms with Crippen molar-refractivity contribution < 1.29 is 28.4 Å². The minimum Gasteiger partial charge on any atom is -0.487 e. The Balaban J connectivity index is 1.28. The molecule has 4 aromatic carbocycles. The quantitative estimate of drug-likeness (QED) is 0.117. The maximum absolute atomic E-state index is 7.08. The summed E-state index contributed by atoms with van der Waals surface area (Å²) in [5, 5.41) is 0. The smallest absolute Gasteiger partial charge is 0.130 e. The lowest BCUT2D eigenvalue weighted by Gasteiger charge is -2.28. The molecule has 0 atom stereocenters. The third-order valence-electron chi connectivity index (χ3n) is 14.6. The van der Waals surface area contributed by atoms with Crippen LogP contribution in [0, 0.1) is 0 Å². The van der Waals surface area contributed by atoms with Crippen LogP contribution < -0.4 is 18.9 Å². The van der Waals surface area contributed by atoms with Crippen LogP contribution in [-0.4, -0.2) is 19.9 Å². The molecule has 0 saturated heterocycles. The van der Waals surface area contributed by atoms with Crippen LogP contribution in [-0.2, 0) is 96.8 Å². The molecule has 0 saturated carbocycles. The zero-order valence-corrected chi connectivity index (χ0v) is 49.2. The summed E-state index contributed by atoms with van der Waals surface area (Å²) in [4.78, 5) is 18.7. The molecule has 0 N–H and O–H groups in total. The Morgan fingerprint density at radius 2 is 0.525 bits per heavy atom. The van der Waals surface area contributed by atoms with Crippen LogP contribution in [0.15, 0.2) is 146 Å². The minimum absolute atomic E-state index is 0.216. The summed E-state index contributed by atoms with van der Waals surface area (Å²) in [6.07, 6.45) is 8.22. The van der Waals surface area contributed by atoms with E-state index < -0.39 is 0 Å². The number of fused-ring (bicyclic) bond motifs is 8. The largest absolute Gasteiger partial charge is 0.487 e. The second-order valence-corrected chi connectivity index (χ2v) is 25.3. The van der Waals surface area contributed by atoms with Gasteiger partial charge in [0, 0.05) is 59.9 Å². The summed E-state index contributed by atoms with van der Waals surface area (Å²) in [5.41, 5.74) is 14.9. The number of aromatic nitrogens is 4. The molecular weight excluding hydrogens is 993 g/mol. The second-order valence-electron chi connectivity index (χ2n) is 25.3. The molecule has 0 unspecified atom stereocenters.